The second-order valence-electron chi connectivity index (χ2n) is 4.92. The Hall–Kier alpha value is -1.23. The van der Waals surface area contributed by atoms with Gasteiger partial charge < -0.3 is 10.1 Å². The smallest absolute Gasteiger partial charge is 0.0945 e. The molecule has 20 heavy (non-hydrogen) atoms. The molecule has 0 aliphatic heterocycles. The van der Waals surface area contributed by atoms with Gasteiger partial charge in [0.1, 0.15) is 0 Å². The molecule has 0 saturated carbocycles. The summed E-state index contributed by atoms with van der Waals surface area (Å²) in [6, 6.07) is 6.53. The maximum atomic E-state index is 5.00. The van der Waals surface area contributed by atoms with Gasteiger partial charge in [-0.3, -0.25) is 0 Å². The van der Waals surface area contributed by atoms with Crippen molar-refractivity contribution in [3.8, 4) is 11.3 Å². The summed E-state index contributed by atoms with van der Waals surface area (Å²) in [7, 11) is 1.72. The van der Waals surface area contributed by atoms with Crippen LogP contribution >= 0.6 is 11.3 Å². The van der Waals surface area contributed by atoms with Crippen LogP contribution < -0.4 is 5.32 Å². The van der Waals surface area contributed by atoms with Gasteiger partial charge in [0.15, 0.2) is 0 Å². The van der Waals surface area contributed by atoms with Gasteiger partial charge >= 0.3 is 0 Å². The number of rotatable bonds is 7. The number of hydrogen-bond donors (Lipinski definition) is 1. The van der Waals surface area contributed by atoms with Crippen LogP contribution in [0, 0.1) is 13.8 Å². The maximum Gasteiger partial charge on any atom is 0.0945 e. The van der Waals surface area contributed by atoms with E-state index in [0.29, 0.717) is 0 Å². The van der Waals surface area contributed by atoms with Gasteiger partial charge in [-0.2, -0.15) is 0 Å². The molecule has 2 rings (SSSR count). The van der Waals surface area contributed by atoms with Gasteiger partial charge in [-0.15, -0.1) is 11.3 Å². The Morgan fingerprint density at radius 1 is 1.20 bits per heavy atom. The van der Waals surface area contributed by atoms with Crippen molar-refractivity contribution in [1.82, 2.24) is 10.3 Å². The van der Waals surface area contributed by atoms with E-state index < -0.39 is 0 Å². The van der Waals surface area contributed by atoms with E-state index in [1.807, 2.05) is 0 Å². The zero-order valence-electron chi connectivity index (χ0n) is 12.4. The van der Waals surface area contributed by atoms with Crippen LogP contribution in [0.25, 0.3) is 11.3 Å². The van der Waals surface area contributed by atoms with Crippen molar-refractivity contribution < 1.29 is 4.74 Å². The summed E-state index contributed by atoms with van der Waals surface area (Å²) in [4.78, 5) is 4.72. The summed E-state index contributed by atoms with van der Waals surface area (Å²) in [5.41, 5.74) is 4.94. The van der Waals surface area contributed by atoms with Crippen molar-refractivity contribution in [1.29, 1.82) is 0 Å². The molecule has 108 valence electrons. The molecule has 1 aromatic heterocycles. The van der Waals surface area contributed by atoms with Crippen LogP contribution in [-0.4, -0.2) is 31.8 Å². The highest BCUT2D eigenvalue weighted by Crippen LogP contribution is 2.24. The SMILES string of the molecule is COCCNCCc1nc(-c2ccc(C)c(C)c2)cs1. The largest absolute Gasteiger partial charge is 0.383 e. The normalized spacial score (nSPS) is 10.9. The van der Waals surface area contributed by atoms with E-state index in [1.54, 1.807) is 18.4 Å². The van der Waals surface area contributed by atoms with E-state index in [-0.39, 0.29) is 0 Å². The number of benzene rings is 1. The summed E-state index contributed by atoms with van der Waals surface area (Å²) in [6.45, 7) is 6.88. The molecule has 0 atom stereocenters. The topological polar surface area (TPSA) is 34.1 Å². The molecule has 0 aliphatic carbocycles. The van der Waals surface area contributed by atoms with E-state index >= 15 is 0 Å². The molecule has 4 heteroatoms. The van der Waals surface area contributed by atoms with Crippen LogP contribution in [-0.2, 0) is 11.2 Å². The molecule has 0 saturated heterocycles. The fourth-order valence-electron chi connectivity index (χ4n) is 1.95. The molecule has 3 nitrogen and oxygen atoms in total. The van der Waals surface area contributed by atoms with Crippen molar-refractivity contribution >= 4 is 11.3 Å². The number of nitrogens with one attached hydrogen (secondary N) is 1. The molecule has 0 radical (unpaired) electrons. The molecule has 1 aromatic carbocycles. The number of thiazole rings is 1. The third kappa shape index (κ3) is 4.13. The first-order chi connectivity index (χ1) is 9.70. The van der Waals surface area contributed by atoms with Crippen LogP contribution in [0.1, 0.15) is 16.1 Å². The minimum Gasteiger partial charge on any atom is -0.383 e. The second-order valence-corrected chi connectivity index (χ2v) is 5.86. The lowest BCUT2D eigenvalue weighted by atomic mass is 10.1. The first-order valence-electron chi connectivity index (χ1n) is 6.92. The van der Waals surface area contributed by atoms with Crippen molar-refractivity contribution in [3.63, 3.8) is 0 Å². The Morgan fingerprint density at radius 3 is 2.80 bits per heavy atom. The zero-order chi connectivity index (χ0) is 14.4. The quantitative estimate of drug-likeness (QED) is 0.795. The average molecular weight is 290 g/mol. The van der Waals surface area contributed by atoms with E-state index in [0.717, 1.165) is 31.8 Å². The van der Waals surface area contributed by atoms with Crippen molar-refractivity contribution in [2.75, 3.05) is 26.8 Å². The Bertz CT molecular complexity index is 551. The van der Waals surface area contributed by atoms with Gasteiger partial charge in [0.2, 0.25) is 0 Å². The number of hydrogen-bond acceptors (Lipinski definition) is 4. The fourth-order valence-corrected chi connectivity index (χ4v) is 2.76. The highest BCUT2D eigenvalue weighted by Gasteiger charge is 2.05. The molecule has 0 bridgehead atoms. The Kier molecular flexibility index (Phi) is 5.71. The van der Waals surface area contributed by atoms with Crippen LogP contribution in [0.5, 0.6) is 0 Å². The Balaban J connectivity index is 1.93. The highest BCUT2D eigenvalue weighted by atomic mass is 32.1. The van der Waals surface area contributed by atoms with E-state index in [2.05, 4.69) is 42.7 Å². The van der Waals surface area contributed by atoms with Crippen LogP contribution in [0.4, 0.5) is 0 Å². The number of methoxy groups -OCH3 is 1. The predicted octanol–water partition coefficient (Wildman–Crippen LogP) is 3.21. The van der Waals surface area contributed by atoms with Gasteiger partial charge in [0.25, 0.3) is 0 Å². The lowest BCUT2D eigenvalue weighted by Gasteiger charge is -2.03. The number of ether oxygens (including phenoxy) is 1. The molecular weight excluding hydrogens is 268 g/mol. The van der Waals surface area contributed by atoms with Crippen molar-refractivity contribution in [2.24, 2.45) is 0 Å². The maximum absolute atomic E-state index is 5.00. The lowest BCUT2D eigenvalue weighted by Crippen LogP contribution is -2.21. The summed E-state index contributed by atoms with van der Waals surface area (Å²) >= 11 is 1.74. The molecule has 0 fully saturated rings. The average Bonchev–Trinajstić information content (AvgIpc) is 2.90. The van der Waals surface area contributed by atoms with Crippen LogP contribution in [0.3, 0.4) is 0 Å². The molecule has 1 heterocycles. The first-order valence-corrected chi connectivity index (χ1v) is 7.80. The third-order valence-corrected chi connectivity index (χ3v) is 4.26. The summed E-state index contributed by atoms with van der Waals surface area (Å²) < 4.78 is 5.00. The van der Waals surface area contributed by atoms with Gasteiger partial charge in [-0.1, -0.05) is 12.1 Å². The zero-order valence-corrected chi connectivity index (χ0v) is 13.2. The number of aromatic nitrogens is 1. The lowest BCUT2D eigenvalue weighted by molar-refractivity contribution is 0.199. The van der Waals surface area contributed by atoms with E-state index in [4.69, 9.17) is 9.72 Å². The van der Waals surface area contributed by atoms with Gasteiger partial charge in [-0.25, -0.2) is 4.98 Å². The van der Waals surface area contributed by atoms with Gasteiger partial charge in [0, 0.05) is 37.6 Å². The number of aryl methyl sites for hydroxylation is 2. The molecular formula is C16H22N2OS. The molecule has 2 aromatic rings. The minimum atomic E-state index is 0.756. The standard InChI is InChI=1S/C16H22N2OS/c1-12-4-5-14(10-13(12)2)15-11-20-16(18-15)6-7-17-8-9-19-3/h4-5,10-11,17H,6-9H2,1-3H3. The first kappa shape index (κ1) is 15.2. The summed E-state index contributed by atoms with van der Waals surface area (Å²) in [6.07, 6.45) is 0.971. The molecule has 0 spiro atoms. The molecule has 0 aliphatic rings. The van der Waals surface area contributed by atoms with Crippen molar-refractivity contribution in [3.05, 3.63) is 39.7 Å². The molecule has 0 unspecified atom stereocenters. The van der Waals surface area contributed by atoms with E-state index in [1.165, 1.54) is 21.7 Å². The number of nitrogens with zero attached hydrogens (tertiary/aromatic N) is 1. The highest BCUT2D eigenvalue weighted by molar-refractivity contribution is 7.09. The summed E-state index contributed by atoms with van der Waals surface area (Å²) in [5.74, 6) is 0. The molecule has 0 amide bonds. The fraction of sp³-hybridized carbons (Fsp3) is 0.438. The van der Waals surface area contributed by atoms with Crippen LogP contribution in [0.15, 0.2) is 23.6 Å². The Morgan fingerprint density at radius 2 is 2.05 bits per heavy atom. The van der Waals surface area contributed by atoms with E-state index in [9.17, 15) is 0 Å². The monoisotopic (exact) mass is 290 g/mol. The van der Waals surface area contributed by atoms with Gasteiger partial charge in [-0.05, 0) is 31.0 Å². The minimum absolute atomic E-state index is 0.756. The van der Waals surface area contributed by atoms with Crippen molar-refractivity contribution in [2.45, 2.75) is 20.3 Å². The van der Waals surface area contributed by atoms with Crippen LogP contribution in [0.2, 0.25) is 0 Å². The second kappa shape index (κ2) is 7.53. The Labute approximate surface area is 125 Å². The molecule has 1 N–H and O–H groups in total. The third-order valence-electron chi connectivity index (χ3n) is 3.35. The van der Waals surface area contributed by atoms with Gasteiger partial charge in [0.05, 0.1) is 17.3 Å². The summed E-state index contributed by atoms with van der Waals surface area (Å²) in [5, 5.41) is 6.67. The predicted molar refractivity (Wildman–Crippen MR) is 85.5 cm³/mol.